The molecule has 0 aromatic heterocycles. The number of halogens is 1. The van der Waals surface area contributed by atoms with Crippen LogP contribution in [0.5, 0.6) is 5.75 Å². The van der Waals surface area contributed by atoms with E-state index in [1.165, 1.54) is 12.1 Å². The van der Waals surface area contributed by atoms with Crippen molar-refractivity contribution < 1.29 is 18.7 Å². The summed E-state index contributed by atoms with van der Waals surface area (Å²) in [5.41, 5.74) is 3.17. The maximum Gasteiger partial charge on any atom is 0.247 e. The molecule has 6 heteroatoms. The predicted molar refractivity (Wildman–Crippen MR) is 141 cm³/mol. The van der Waals surface area contributed by atoms with E-state index in [9.17, 15) is 14.0 Å². The van der Waals surface area contributed by atoms with E-state index in [2.05, 4.69) is 5.32 Å². The summed E-state index contributed by atoms with van der Waals surface area (Å²) in [7, 11) is 1.60. The van der Waals surface area contributed by atoms with Crippen molar-refractivity contribution in [2.75, 3.05) is 7.11 Å². The van der Waals surface area contributed by atoms with Crippen LogP contribution in [0.25, 0.3) is 0 Å². The Bertz CT molecular complexity index is 1290. The lowest BCUT2D eigenvalue weighted by Crippen LogP contribution is -2.43. The first-order valence-electron chi connectivity index (χ1n) is 12.1. The van der Waals surface area contributed by atoms with E-state index in [1.807, 2.05) is 84.9 Å². The Hall–Kier alpha value is -4.45. The highest BCUT2D eigenvalue weighted by Crippen LogP contribution is 2.25. The summed E-state index contributed by atoms with van der Waals surface area (Å²) < 4.78 is 18.8. The van der Waals surface area contributed by atoms with Crippen LogP contribution >= 0.6 is 0 Å². The quantitative estimate of drug-likeness (QED) is 0.317. The van der Waals surface area contributed by atoms with Gasteiger partial charge in [0.05, 0.1) is 13.5 Å². The number of hydrogen-bond donors (Lipinski definition) is 1. The number of methoxy groups -OCH3 is 1. The molecule has 0 bridgehead atoms. The molecule has 188 valence electrons. The molecular weight excluding hydrogens is 467 g/mol. The highest BCUT2D eigenvalue weighted by molar-refractivity contribution is 5.89. The van der Waals surface area contributed by atoms with Gasteiger partial charge in [-0.1, -0.05) is 84.9 Å². The van der Waals surface area contributed by atoms with E-state index in [4.69, 9.17) is 4.74 Å². The van der Waals surface area contributed by atoms with E-state index in [-0.39, 0.29) is 30.6 Å². The minimum absolute atomic E-state index is 0.136. The van der Waals surface area contributed by atoms with E-state index < -0.39 is 6.04 Å². The third-order valence-corrected chi connectivity index (χ3v) is 6.09. The summed E-state index contributed by atoms with van der Waals surface area (Å²) in [6.45, 7) is 0.449. The molecule has 0 aliphatic carbocycles. The fraction of sp³-hybridized carbons (Fsp3) is 0.161. The molecule has 0 fully saturated rings. The van der Waals surface area contributed by atoms with Gasteiger partial charge in [-0.25, -0.2) is 4.39 Å². The van der Waals surface area contributed by atoms with Crippen molar-refractivity contribution in [3.05, 3.63) is 137 Å². The molecule has 0 heterocycles. The highest BCUT2D eigenvalue weighted by Gasteiger charge is 2.31. The number of rotatable bonds is 10. The van der Waals surface area contributed by atoms with Gasteiger partial charge in [-0.2, -0.15) is 0 Å². The Morgan fingerprint density at radius 2 is 1.38 bits per heavy atom. The second kappa shape index (κ2) is 12.5. The van der Waals surface area contributed by atoms with Crippen LogP contribution in [0.4, 0.5) is 4.39 Å². The van der Waals surface area contributed by atoms with Crippen molar-refractivity contribution in [3.8, 4) is 5.75 Å². The Morgan fingerprint density at radius 1 is 0.784 bits per heavy atom. The van der Waals surface area contributed by atoms with Gasteiger partial charge in [0.15, 0.2) is 0 Å². The normalized spacial score (nSPS) is 11.4. The molecule has 2 amide bonds. The molecule has 37 heavy (non-hydrogen) atoms. The predicted octanol–water partition coefficient (Wildman–Crippen LogP) is 5.46. The number of nitrogens with zero attached hydrogens (tertiary/aromatic N) is 1. The van der Waals surface area contributed by atoms with Gasteiger partial charge >= 0.3 is 0 Å². The molecule has 4 aromatic rings. The monoisotopic (exact) mass is 496 g/mol. The van der Waals surface area contributed by atoms with Crippen LogP contribution < -0.4 is 10.1 Å². The summed E-state index contributed by atoms with van der Waals surface area (Å²) in [5.74, 6) is -0.133. The van der Waals surface area contributed by atoms with E-state index in [0.717, 1.165) is 22.4 Å². The molecule has 0 saturated carbocycles. The van der Waals surface area contributed by atoms with Crippen LogP contribution in [-0.4, -0.2) is 23.8 Å². The smallest absolute Gasteiger partial charge is 0.247 e. The average Bonchev–Trinajstić information content (AvgIpc) is 2.94. The van der Waals surface area contributed by atoms with Crippen LogP contribution in [-0.2, 0) is 29.1 Å². The zero-order chi connectivity index (χ0) is 26.0. The first-order chi connectivity index (χ1) is 18.0. The first kappa shape index (κ1) is 25.6. The maximum absolute atomic E-state index is 13.7. The summed E-state index contributed by atoms with van der Waals surface area (Å²) in [6, 6.07) is 31.2. The van der Waals surface area contributed by atoms with Crippen LogP contribution in [0.1, 0.15) is 28.3 Å². The van der Waals surface area contributed by atoms with Crippen molar-refractivity contribution in [2.45, 2.75) is 25.6 Å². The molecule has 0 saturated heterocycles. The molecule has 4 rings (SSSR count). The number of benzene rings is 4. The fourth-order valence-electron chi connectivity index (χ4n) is 4.12. The number of amides is 2. The van der Waals surface area contributed by atoms with Crippen molar-refractivity contribution in [1.82, 2.24) is 10.2 Å². The molecule has 4 aromatic carbocycles. The number of ether oxygens (including phenoxy) is 1. The molecule has 0 radical (unpaired) electrons. The van der Waals surface area contributed by atoms with Crippen molar-refractivity contribution in [1.29, 1.82) is 0 Å². The van der Waals surface area contributed by atoms with E-state index >= 15 is 0 Å². The number of carbonyl (C=O) groups excluding carboxylic acids is 2. The van der Waals surface area contributed by atoms with Crippen molar-refractivity contribution in [2.24, 2.45) is 0 Å². The first-order valence-corrected chi connectivity index (χ1v) is 12.1. The standard InChI is InChI=1S/C31H29FN2O3/c1-37-28-18-14-24(15-19-28)21-33-31(36)30(26-10-6-3-7-11-26)34(22-25-12-16-27(32)17-13-25)29(35)20-23-8-4-2-5-9-23/h2-19,30H,20-22H2,1H3,(H,33,36)/t30-/m1/s1. The van der Waals surface area contributed by atoms with Crippen LogP contribution in [0.2, 0.25) is 0 Å². The topological polar surface area (TPSA) is 58.6 Å². The van der Waals surface area contributed by atoms with Gasteiger partial charge in [0, 0.05) is 13.1 Å². The lowest BCUT2D eigenvalue weighted by atomic mass is 10.0. The zero-order valence-corrected chi connectivity index (χ0v) is 20.6. The third kappa shape index (κ3) is 7.04. The molecule has 0 unspecified atom stereocenters. The minimum atomic E-state index is -0.874. The van der Waals surface area contributed by atoms with E-state index in [1.54, 1.807) is 24.1 Å². The van der Waals surface area contributed by atoms with Gasteiger partial charge in [0.25, 0.3) is 0 Å². The maximum atomic E-state index is 13.7. The summed E-state index contributed by atoms with van der Waals surface area (Å²) in [5, 5.41) is 3.00. The van der Waals surface area contributed by atoms with Gasteiger partial charge in [0.2, 0.25) is 11.8 Å². The van der Waals surface area contributed by atoms with Crippen molar-refractivity contribution >= 4 is 11.8 Å². The van der Waals surface area contributed by atoms with Crippen LogP contribution in [0, 0.1) is 5.82 Å². The molecule has 1 atom stereocenters. The van der Waals surface area contributed by atoms with Gasteiger partial charge in [-0.3, -0.25) is 9.59 Å². The Labute approximate surface area is 216 Å². The average molecular weight is 497 g/mol. The van der Waals surface area contributed by atoms with Gasteiger partial charge in [-0.15, -0.1) is 0 Å². The lowest BCUT2D eigenvalue weighted by molar-refractivity contribution is -0.141. The lowest BCUT2D eigenvalue weighted by Gasteiger charge is -2.32. The Morgan fingerprint density at radius 3 is 2.00 bits per heavy atom. The van der Waals surface area contributed by atoms with Gasteiger partial charge in [-0.05, 0) is 46.5 Å². The second-order valence-corrected chi connectivity index (χ2v) is 8.69. The summed E-state index contributed by atoms with van der Waals surface area (Å²) in [4.78, 5) is 29.0. The third-order valence-electron chi connectivity index (χ3n) is 6.09. The summed E-state index contributed by atoms with van der Waals surface area (Å²) in [6.07, 6.45) is 0.136. The molecule has 5 nitrogen and oxygen atoms in total. The van der Waals surface area contributed by atoms with Crippen molar-refractivity contribution in [3.63, 3.8) is 0 Å². The molecule has 0 aliphatic rings. The number of nitrogens with one attached hydrogen (secondary N) is 1. The summed E-state index contributed by atoms with van der Waals surface area (Å²) >= 11 is 0. The van der Waals surface area contributed by atoms with Crippen LogP contribution in [0.15, 0.2) is 109 Å². The van der Waals surface area contributed by atoms with Gasteiger partial charge in [0.1, 0.15) is 17.6 Å². The molecule has 0 spiro atoms. The zero-order valence-electron chi connectivity index (χ0n) is 20.6. The molecule has 1 N–H and O–H groups in total. The SMILES string of the molecule is COc1ccc(CNC(=O)[C@@H](c2ccccc2)N(Cc2ccc(F)cc2)C(=O)Cc2ccccc2)cc1. The Balaban J connectivity index is 1.64. The van der Waals surface area contributed by atoms with E-state index in [0.29, 0.717) is 12.1 Å². The molecule has 0 aliphatic heterocycles. The number of hydrogen-bond acceptors (Lipinski definition) is 3. The largest absolute Gasteiger partial charge is 0.497 e. The highest BCUT2D eigenvalue weighted by atomic mass is 19.1. The van der Waals surface area contributed by atoms with Crippen LogP contribution in [0.3, 0.4) is 0 Å². The second-order valence-electron chi connectivity index (χ2n) is 8.69. The fourth-order valence-corrected chi connectivity index (χ4v) is 4.12. The number of carbonyl (C=O) groups is 2. The van der Waals surface area contributed by atoms with Gasteiger partial charge < -0.3 is 15.0 Å². The Kier molecular flexibility index (Phi) is 8.66. The molecular formula is C31H29FN2O3. The minimum Gasteiger partial charge on any atom is -0.497 e.